The fourth-order valence-electron chi connectivity index (χ4n) is 2.07. The summed E-state index contributed by atoms with van der Waals surface area (Å²) in [5.41, 5.74) is -0.901. The van der Waals surface area contributed by atoms with Crippen LogP contribution >= 0.6 is 31.9 Å². The van der Waals surface area contributed by atoms with Crippen LogP contribution in [0.2, 0.25) is 0 Å². The number of ether oxygens (including phenoxy) is 3. The summed E-state index contributed by atoms with van der Waals surface area (Å²) in [6, 6.07) is 10.3. The van der Waals surface area contributed by atoms with Crippen molar-refractivity contribution in [1.29, 1.82) is 0 Å². The predicted molar refractivity (Wildman–Crippen MR) is 105 cm³/mol. The fourth-order valence-corrected chi connectivity index (χ4v) is 2.34. The summed E-state index contributed by atoms with van der Waals surface area (Å²) in [4.78, 5) is 0. The van der Waals surface area contributed by atoms with Crippen molar-refractivity contribution in [3.05, 3.63) is 57.5 Å². The zero-order valence-electron chi connectivity index (χ0n) is 14.4. The molecule has 0 amide bonds. The molecule has 0 aliphatic carbocycles. The highest BCUT2D eigenvalue weighted by atomic mass is 79.9. The third-order valence-electron chi connectivity index (χ3n) is 3.27. The average molecular weight is 510 g/mol. The van der Waals surface area contributed by atoms with Crippen molar-refractivity contribution in [2.75, 3.05) is 13.2 Å². The number of rotatable bonds is 8. The molecule has 0 aromatic heterocycles. The summed E-state index contributed by atoms with van der Waals surface area (Å²) in [5.74, 6) is 0.881. The lowest BCUT2D eigenvalue weighted by molar-refractivity contribution is -0.138. The molecule has 0 spiro atoms. The van der Waals surface area contributed by atoms with Crippen LogP contribution in [0, 0.1) is 0 Å². The Morgan fingerprint density at radius 1 is 0.963 bits per heavy atom. The smallest absolute Gasteiger partial charge is 0.420 e. The zero-order chi connectivity index (χ0) is 19.9. The summed E-state index contributed by atoms with van der Waals surface area (Å²) in [6.07, 6.45) is -2.14. The van der Waals surface area contributed by atoms with E-state index in [4.69, 9.17) is 14.2 Å². The van der Waals surface area contributed by atoms with Gasteiger partial charge in [-0.05, 0) is 86.8 Å². The van der Waals surface area contributed by atoms with Gasteiger partial charge in [-0.3, -0.25) is 0 Å². The predicted octanol–water partition coefficient (Wildman–Crippen LogP) is 7.30. The fraction of sp³-hybridized carbons (Fsp3) is 0.263. The van der Waals surface area contributed by atoms with Gasteiger partial charge in [0.2, 0.25) is 0 Å². The van der Waals surface area contributed by atoms with E-state index in [0.29, 0.717) is 21.5 Å². The van der Waals surface area contributed by atoms with E-state index in [1.165, 1.54) is 12.1 Å². The Balaban J connectivity index is 2.16. The lowest BCUT2D eigenvalue weighted by Crippen LogP contribution is -2.09. The molecule has 0 saturated carbocycles. The van der Waals surface area contributed by atoms with Gasteiger partial charge in [0, 0.05) is 0 Å². The quantitative estimate of drug-likeness (QED) is 0.373. The molecule has 146 valence electrons. The number of halogens is 5. The van der Waals surface area contributed by atoms with Crippen LogP contribution in [0.25, 0.3) is 0 Å². The van der Waals surface area contributed by atoms with Gasteiger partial charge in [0.1, 0.15) is 35.2 Å². The second-order valence-electron chi connectivity index (χ2n) is 5.38. The second kappa shape index (κ2) is 10.0. The highest BCUT2D eigenvalue weighted by molar-refractivity contribution is 9.28. The van der Waals surface area contributed by atoms with E-state index in [-0.39, 0.29) is 18.1 Å². The normalized spacial score (nSPS) is 11.0. The first-order valence-corrected chi connectivity index (χ1v) is 9.64. The van der Waals surface area contributed by atoms with Crippen molar-refractivity contribution in [3.63, 3.8) is 0 Å². The van der Waals surface area contributed by atoms with Crippen LogP contribution in [-0.2, 0) is 6.18 Å². The molecule has 0 heterocycles. The van der Waals surface area contributed by atoms with Crippen LogP contribution in [0.1, 0.15) is 18.9 Å². The van der Waals surface area contributed by atoms with Crippen molar-refractivity contribution in [1.82, 2.24) is 0 Å². The summed E-state index contributed by atoms with van der Waals surface area (Å²) >= 11 is 6.24. The van der Waals surface area contributed by atoms with Crippen LogP contribution in [0.4, 0.5) is 13.2 Å². The van der Waals surface area contributed by atoms with Crippen LogP contribution < -0.4 is 14.2 Å². The van der Waals surface area contributed by atoms with Gasteiger partial charge < -0.3 is 14.2 Å². The molecule has 8 heteroatoms. The monoisotopic (exact) mass is 508 g/mol. The molecule has 0 saturated heterocycles. The highest BCUT2D eigenvalue weighted by Crippen LogP contribution is 2.39. The van der Waals surface area contributed by atoms with Crippen molar-refractivity contribution < 1.29 is 27.4 Å². The maximum Gasteiger partial charge on any atom is 0.420 e. The third-order valence-corrected chi connectivity index (χ3v) is 3.91. The maximum atomic E-state index is 13.3. The van der Waals surface area contributed by atoms with Crippen LogP contribution in [-0.4, -0.2) is 13.2 Å². The minimum atomic E-state index is -4.57. The molecular formula is C19H17Br2F3O3. The third kappa shape index (κ3) is 7.10. The van der Waals surface area contributed by atoms with E-state index in [0.717, 1.165) is 12.5 Å². The number of alkyl halides is 3. The molecule has 0 fully saturated rings. The number of hydrogen-bond donors (Lipinski definition) is 0. The Labute approximate surface area is 172 Å². The first-order valence-electron chi connectivity index (χ1n) is 8.05. The first-order chi connectivity index (χ1) is 12.8. The van der Waals surface area contributed by atoms with Gasteiger partial charge in [-0.15, -0.1) is 0 Å². The molecule has 0 aliphatic rings. The molecule has 2 aromatic rings. The molecule has 0 unspecified atom stereocenters. The van der Waals surface area contributed by atoms with Gasteiger partial charge in [0.05, 0.1) is 10.00 Å². The Bertz CT molecular complexity index is 771. The first kappa shape index (κ1) is 21.6. The molecule has 0 aliphatic heterocycles. The van der Waals surface area contributed by atoms with Crippen molar-refractivity contribution >= 4 is 31.9 Å². The van der Waals surface area contributed by atoms with Crippen LogP contribution in [0.15, 0.2) is 51.9 Å². The van der Waals surface area contributed by atoms with E-state index in [1.807, 2.05) is 6.92 Å². The highest BCUT2D eigenvalue weighted by Gasteiger charge is 2.35. The SMILES string of the molecule is CCCOc1ccc(Oc2ccc(OCC=C(Br)Br)c(C(F)(F)F)c2)cc1. The molecule has 0 N–H and O–H groups in total. The standard InChI is InChI=1S/C19H17Br2F3O3/c1-2-10-25-13-3-5-14(6-4-13)27-15-7-8-17(26-11-9-18(20)21)16(12-15)19(22,23)24/h3-9,12H,2,10-11H2,1H3. The van der Waals surface area contributed by atoms with E-state index < -0.39 is 11.7 Å². The largest absolute Gasteiger partial charge is 0.494 e. The van der Waals surface area contributed by atoms with E-state index >= 15 is 0 Å². The lowest BCUT2D eigenvalue weighted by atomic mass is 10.2. The Hall–Kier alpha value is -1.67. The average Bonchev–Trinajstić information content (AvgIpc) is 2.61. The lowest BCUT2D eigenvalue weighted by Gasteiger charge is -2.15. The van der Waals surface area contributed by atoms with E-state index in [1.54, 1.807) is 30.3 Å². The Morgan fingerprint density at radius 2 is 1.59 bits per heavy atom. The maximum absolute atomic E-state index is 13.3. The summed E-state index contributed by atoms with van der Waals surface area (Å²) in [7, 11) is 0. The second-order valence-corrected chi connectivity index (χ2v) is 8.16. The van der Waals surface area contributed by atoms with E-state index in [9.17, 15) is 13.2 Å². The van der Waals surface area contributed by atoms with E-state index in [2.05, 4.69) is 31.9 Å². The molecule has 3 nitrogen and oxygen atoms in total. The van der Waals surface area contributed by atoms with Crippen LogP contribution in [0.5, 0.6) is 23.0 Å². The van der Waals surface area contributed by atoms with Crippen molar-refractivity contribution in [2.45, 2.75) is 19.5 Å². The molecule has 0 bridgehead atoms. The number of benzene rings is 2. The topological polar surface area (TPSA) is 27.7 Å². The van der Waals surface area contributed by atoms with Gasteiger partial charge in [-0.25, -0.2) is 0 Å². The van der Waals surface area contributed by atoms with Gasteiger partial charge in [0.25, 0.3) is 0 Å². The van der Waals surface area contributed by atoms with Gasteiger partial charge in [0.15, 0.2) is 0 Å². The Morgan fingerprint density at radius 3 is 2.19 bits per heavy atom. The number of hydrogen-bond acceptors (Lipinski definition) is 3. The van der Waals surface area contributed by atoms with Gasteiger partial charge in [-0.2, -0.15) is 13.2 Å². The molecule has 0 atom stereocenters. The minimum Gasteiger partial charge on any atom is -0.494 e. The summed E-state index contributed by atoms with van der Waals surface area (Å²) in [5, 5.41) is 0. The van der Waals surface area contributed by atoms with Gasteiger partial charge >= 0.3 is 6.18 Å². The molecule has 27 heavy (non-hydrogen) atoms. The molecular weight excluding hydrogens is 493 g/mol. The molecule has 2 aromatic carbocycles. The summed E-state index contributed by atoms with van der Waals surface area (Å²) in [6.45, 7) is 2.57. The Kier molecular flexibility index (Phi) is 8.04. The van der Waals surface area contributed by atoms with Crippen LogP contribution in [0.3, 0.4) is 0 Å². The van der Waals surface area contributed by atoms with Crippen molar-refractivity contribution in [3.8, 4) is 23.0 Å². The minimum absolute atomic E-state index is 0.0195. The molecule has 0 radical (unpaired) electrons. The van der Waals surface area contributed by atoms with Gasteiger partial charge in [-0.1, -0.05) is 6.92 Å². The molecule has 2 rings (SSSR count). The zero-order valence-corrected chi connectivity index (χ0v) is 17.5. The van der Waals surface area contributed by atoms with Crippen molar-refractivity contribution in [2.24, 2.45) is 0 Å². The summed E-state index contributed by atoms with van der Waals surface area (Å²) < 4.78 is 56.8.